The first-order valence-corrected chi connectivity index (χ1v) is 5.99. The van der Waals surface area contributed by atoms with Crippen LogP contribution in [0.15, 0.2) is 18.3 Å². The summed E-state index contributed by atoms with van der Waals surface area (Å²) in [6.07, 6.45) is 3.82. The van der Waals surface area contributed by atoms with Gasteiger partial charge in [0.2, 0.25) is 0 Å². The van der Waals surface area contributed by atoms with Crippen LogP contribution in [-0.4, -0.2) is 28.9 Å². The molecule has 0 saturated carbocycles. The number of pyridine rings is 1. The molecule has 0 radical (unpaired) electrons. The van der Waals surface area contributed by atoms with E-state index in [0.29, 0.717) is 11.4 Å². The number of carbonyl (C=O) groups is 1. The average Bonchev–Trinajstić information content (AvgIpc) is 2.27. The summed E-state index contributed by atoms with van der Waals surface area (Å²) in [5.41, 5.74) is 6.46. The minimum Gasteiger partial charge on any atom is -0.383 e. The number of nitrogens with zero attached hydrogens (tertiary/aromatic N) is 2. The molecule has 0 bridgehead atoms. The van der Waals surface area contributed by atoms with Crippen molar-refractivity contribution in [3.05, 3.63) is 23.9 Å². The zero-order valence-electron chi connectivity index (χ0n) is 10.4. The van der Waals surface area contributed by atoms with Crippen LogP contribution in [-0.2, 0) is 0 Å². The highest BCUT2D eigenvalue weighted by Crippen LogP contribution is 2.29. The fraction of sp³-hybridized carbons (Fsp3) is 0.538. The van der Waals surface area contributed by atoms with Gasteiger partial charge < -0.3 is 10.6 Å². The fourth-order valence-electron chi connectivity index (χ4n) is 2.37. The predicted molar refractivity (Wildman–Crippen MR) is 67.6 cm³/mol. The number of carbonyl (C=O) groups excluding carboxylic acids is 1. The fourth-order valence-corrected chi connectivity index (χ4v) is 2.37. The Balaban J connectivity index is 2.18. The van der Waals surface area contributed by atoms with Crippen LogP contribution in [0.25, 0.3) is 0 Å². The molecular weight excluding hydrogens is 214 g/mol. The first-order valence-electron chi connectivity index (χ1n) is 5.99. The van der Waals surface area contributed by atoms with Crippen LogP contribution < -0.4 is 5.73 Å². The molecule has 1 amide bonds. The molecule has 1 aromatic heterocycles. The lowest BCUT2D eigenvalue weighted by Crippen LogP contribution is -2.43. The molecule has 1 aliphatic rings. The number of hydrogen-bond donors (Lipinski definition) is 1. The molecule has 92 valence electrons. The van der Waals surface area contributed by atoms with Crippen molar-refractivity contribution < 1.29 is 4.79 Å². The molecule has 1 aromatic rings. The van der Waals surface area contributed by atoms with Crippen LogP contribution in [0.3, 0.4) is 0 Å². The van der Waals surface area contributed by atoms with Gasteiger partial charge in [-0.05, 0) is 30.4 Å². The van der Waals surface area contributed by atoms with Crippen molar-refractivity contribution >= 4 is 11.7 Å². The lowest BCUT2D eigenvalue weighted by molar-refractivity contribution is 0.0584. The summed E-state index contributed by atoms with van der Waals surface area (Å²) >= 11 is 0. The molecule has 4 heteroatoms. The zero-order chi connectivity index (χ0) is 12.5. The summed E-state index contributed by atoms with van der Waals surface area (Å²) < 4.78 is 0. The minimum atomic E-state index is 0.00313. The second-order valence-corrected chi connectivity index (χ2v) is 5.43. The van der Waals surface area contributed by atoms with Gasteiger partial charge in [-0.1, -0.05) is 13.8 Å². The number of hydrogen-bond acceptors (Lipinski definition) is 3. The average molecular weight is 233 g/mol. The summed E-state index contributed by atoms with van der Waals surface area (Å²) in [7, 11) is 0. The van der Waals surface area contributed by atoms with Crippen LogP contribution in [0.5, 0.6) is 0 Å². The smallest absolute Gasteiger partial charge is 0.257 e. The molecular formula is C13H19N3O. The molecule has 2 rings (SSSR count). The van der Waals surface area contributed by atoms with Gasteiger partial charge >= 0.3 is 0 Å². The molecule has 1 saturated heterocycles. The number of amides is 1. The SMILES string of the molecule is CC1(C)CCCN(C(=O)c2cccnc2N)C1. The number of anilines is 1. The van der Waals surface area contributed by atoms with Gasteiger partial charge in [0, 0.05) is 19.3 Å². The van der Waals surface area contributed by atoms with Gasteiger partial charge in [0.1, 0.15) is 5.82 Å². The first-order chi connectivity index (χ1) is 7.99. The number of piperidine rings is 1. The number of nitrogen functional groups attached to an aromatic ring is 1. The van der Waals surface area contributed by atoms with E-state index in [2.05, 4.69) is 18.8 Å². The quantitative estimate of drug-likeness (QED) is 0.806. The molecule has 4 nitrogen and oxygen atoms in total. The lowest BCUT2D eigenvalue weighted by atomic mass is 9.84. The molecule has 1 aliphatic heterocycles. The van der Waals surface area contributed by atoms with Crippen LogP contribution in [0.4, 0.5) is 5.82 Å². The molecule has 2 N–H and O–H groups in total. The lowest BCUT2D eigenvalue weighted by Gasteiger charge is -2.38. The number of aromatic nitrogens is 1. The normalized spacial score (nSPS) is 19.1. The van der Waals surface area contributed by atoms with Gasteiger partial charge in [-0.3, -0.25) is 4.79 Å². The molecule has 0 atom stereocenters. The van der Waals surface area contributed by atoms with Gasteiger partial charge in [0.05, 0.1) is 5.56 Å². The third-order valence-electron chi connectivity index (χ3n) is 3.26. The second kappa shape index (κ2) is 4.35. The van der Waals surface area contributed by atoms with Crippen molar-refractivity contribution in [1.29, 1.82) is 0 Å². The maximum Gasteiger partial charge on any atom is 0.257 e. The summed E-state index contributed by atoms with van der Waals surface area (Å²) in [6.45, 7) is 5.99. The number of nitrogens with two attached hydrogens (primary N) is 1. The Hall–Kier alpha value is -1.58. The van der Waals surface area contributed by atoms with Crippen LogP contribution >= 0.6 is 0 Å². The minimum absolute atomic E-state index is 0.00313. The van der Waals surface area contributed by atoms with Gasteiger partial charge in [-0.2, -0.15) is 0 Å². The van der Waals surface area contributed by atoms with Gasteiger partial charge in [0.15, 0.2) is 0 Å². The van der Waals surface area contributed by atoms with E-state index in [-0.39, 0.29) is 11.3 Å². The van der Waals surface area contributed by atoms with E-state index >= 15 is 0 Å². The third-order valence-corrected chi connectivity index (χ3v) is 3.26. The van der Waals surface area contributed by atoms with Crippen molar-refractivity contribution in [2.24, 2.45) is 5.41 Å². The Kier molecular flexibility index (Phi) is 3.05. The Bertz CT molecular complexity index is 428. The maximum absolute atomic E-state index is 12.3. The number of likely N-dealkylation sites (tertiary alicyclic amines) is 1. The molecule has 2 heterocycles. The molecule has 0 aliphatic carbocycles. The zero-order valence-corrected chi connectivity index (χ0v) is 10.4. The van der Waals surface area contributed by atoms with Crippen LogP contribution in [0.1, 0.15) is 37.0 Å². The Morgan fingerprint density at radius 2 is 2.29 bits per heavy atom. The molecule has 0 aromatic carbocycles. The second-order valence-electron chi connectivity index (χ2n) is 5.43. The van der Waals surface area contributed by atoms with Crippen molar-refractivity contribution in [3.63, 3.8) is 0 Å². The van der Waals surface area contributed by atoms with E-state index in [0.717, 1.165) is 19.5 Å². The largest absolute Gasteiger partial charge is 0.383 e. The topological polar surface area (TPSA) is 59.2 Å². The Labute approximate surface area is 102 Å². The van der Waals surface area contributed by atoms with Crippen LogP contribution in [0.2, 0.25) is 0 Å². The van der Waals surface area contributed by atoms with E-state index in [9.17, 15) is 4.79 Å². The van der Waals surface area contributed by atoms with Crippen LogP contribution in [0, 0.1) is 5.41 Å². The van der Waals surface area contributed by atoms with Crippen molar-refractivity contribution in [3.8, 4) is 0 Å². The molecule has 1 fully saturated rings. The highest BCUT2D eigenvalue weighted by Gasteiger charge is 2.30. The molecule has 17 heavy (non-hydrogen) atoms. The summed E-state index contributed by atoms with van der Waals surface area (Å²) in [5.74, 6) is 0.323. The van der Waals surface area contributed by atoms with Gasteiger partial charge in [-0.15, -0.1) is 0 Å². The van der Waals surface area contributed by atoms with E-state index < -0.39 is 0 Å². The summed E-state index contributed by atoms with van der Waals surface area (Å²) in [5, 5.41) is 0. The highest BCUT2D eigenvalue weighted by atomic mass is 16.2. The predicted octanol–water partition coefficient (Wildman–Crippen LogP) is 1.93. The van der Waals surface area contributed by atoms with Crippen molar-refractivity contribution in [2.45, 2.75) is 26.7 Å². The van der Waals surface area contributed by atoms with Gasteiger partial charge in [0.25, 0.3) is 5.91 Å². The van der Waals surface area contributed by atoms with Crippen molar-refractivity contribution in [2.75, 3.05) is 18.8 Å². The highest BCUT2D eigenvalue weighted by molar-refractivity contribution is 5.98. The summed E-state index contributed by atoms with van der Waals surface area (Å²) in [4.78, 5) is 18.2. The van der Waals surface area contributed by atoms with Crippen molar-refractivity contribution in [1.82, 2.24) is 9.88 Å². The summed E-state index contributed by atoms with van der Waals surface area (Å²) in [6, 6.07) is 3.49. The standard InChI is InChI=1S/C13H19N3O/c1-13(2)6-4-8-16(9-13)12(17)10-5-3-7-15-11(10)14/h3,5,7H,4,6,8-9H2,1-2H3,(H2,14,15). The third kappa shape index (κ3) is 2.57. The van der Waals surface area contributed by atoms with E-state index in [1.54, 1.807) is 18.3 Å². The van der Waals surface area contributed by atoms with Gasteiger partial charge in [-0.25, -0.2) is 4.98 Å². The van der Waals surface area contributed by atoms with E-state index in [1.165, 1.54) is 6.42 Å². The first kappa shape index (κ1) is 11.9. The number of rotatable bonds is 1. The molecule has 0 unspecified atom stereocenters. The Morgan fingerprint density at radius 1 is 1.53 bits per heavy atom. The monoisotopic (exact) mass is 233 g/mol. The Morgan fingerprint density at radius 3 is 2.94 bits per heavy atom. The maximum atomic E-state index is 12.3. The molecule has 0 spiro atoms. The van der Waals surface area contributed by atoms with E-state index in [1.807, 2.05) is 4.90 Å². The van der Waals surface area contributed by atoms with E-state index in [4.69, 9.17) is 5.73 Å².